The Labute approximate surface area is 116 Å². The van der Waals surface area contributed by atoms with Crippen molar-refractivity contribution in [2.75, 3.05) is 5.32 Å². The monoisotopic (exact) mass is 375 g/mol. The lowest BCUT2D eigenvalue weighted by Crippen LogP contribution is -2.04. The molecule has 2 N–H and O–H groups in total. The summed E-state index contributed by atoms with van der Waals surface area (Å²) in [5.74, 6) is 0.290. The maximum atomic E-state index is 11.2. The van der Waals surface area contributed by atoms with Gasteiger partial charge in [-0.25, -0.2) is 9.97 Å². The Morgan fingerprint density at radius 1 is 1.41 bits per heavy atom. The average molecular weight is 377 g/mol. The molecule has 0 amide bonds. The Morgan fingerprint density at radius 2 is 2.06 bits per heavy atom. The van der Waals surface area contributed by atoms with E-state index in [4.69, 9.17) is 5.26 Å². The molecular formula is C8H3Br2N5OS. The largest absolute Gasteiger partial charge is 0.313 e. The number of halogens is 2. The molecule has 0 unspecified atom stereocenters. The van der Waals surface area contributed by atoms with E-state index in [1.165, 1.54) is 0 Å². The first-order valence-electron chi connectivity index (χ1n) is 4.19. The van der Waals surface area contributed by atoms with Crippen molar-refractivity contribution in [2.45, 2.75) is 0 Å². The molecule has 0 bridgehead atoms. The van der Waals surface area contributed by atoms with Crippen molar-refractivity contribution in [3.63, 3.8) is 0 Å². The van der Waals surface area contributed by atoms with Gasteiger partial charge in [-0.05, 0) is 43.4 Å². The molecule has 9 heteroatoms. The minimum atomic E-state index is -0.422. The predicted octanol–water partition coefficient (Wildman–Crippen LogP) is 2.37. The summed E-state index contributed by atoms with van der Waals surface area (Å²) in [6.45, 7) is 0. The van der Waals surface area contributed by atoms with Crippen LogP contribution in [0.25, 0.3) is 0 Å². The average Bonchev–Trinajstić information content (AvgIpc) is 2.57. The van der Waals surface area contributed by atoms with E-state index in [1.54, 1.807) is 6.07 Å². The number of anilines is 2. The number of H-pyrrole nitrogens is 1. The molecule has 0 saturated carbocycles. The summed E-state index contributed by atoms with van der Waals surface area (Å²) in [5.41, 5.74) is -0.399. The second kappa shape index (κ2) is 4.95. The summed E-state index contributed by atoms with van der Waals surface area (Å²) in [6.07, 6.45) is 0. The fourth-order valence-corrected chi connectivity index (χ4v) is 2.80. The first-order valence-corrected chi connectivity index (χ1v) is 6.59. The normalized spacial score (nSPS) is 9.94. The lowest BCUT2D eigenvalue weighted by atomic mass is 10.4. The Morgan fingerprint density at radius 3 is 2.65 bits per heavy atom. The second-order valence-electron chi connectivity index (χ2n) is 2.81. The molecule has 0 radical (unpaired) electrons. The van der Waals surface area contributed by atoms with Crippen molar-refractivity contribution in [1.82, 2.24) is 14.3 Å². The third-order valence-electron chi connectivity index (χ3n) is 1.70. The molecule has 2 aromatic rings. The number of nitrogens with one attached hydrogen (secondary N) is 2. The zero-order chi connectivity index (χ0) is 12.4. The van der Waals surface area contributed by atoms with Crippen molar-refractivity contribution in [3.05, 3.63) is 31.2 Å². The highest BCUT2D eigenvalue weighted by Crippen LogP contribution is 2.22. The van der Waals surface area contributed by atoms with E-state index in [-0.39, 0.29) is 11.5 Å². The van der Waals surface area contributed by atoms with Crippen LogP contribution in [0.1, 0.15) is 5.56 Å². The highest BCUT2D eigenvalue weighted by atomic mass is 79.9. The maximum absolute atomic E-state index is 11.2. The van der Waals surface area contributed by atoms with Gasteiger partial charge in [0.15, 0.2) is 5.56 Å². The van der Waals surface area contributed by atoms with Gasteiger partial charge in [0.1, 0.15) is 20.3 Å². The molecule has 0 aliphatic carbocycles. The van der Waals surface area contributed by atoms with Crippen molar-refractivity contribution in [2.24, 2.45) is 0 Å². The van der Waals surface area contributed by atoms with E-state index in [0.29, 0.717) is 14.2 Å². The molecule has 0 atom stereocenters. The van der Waals surface area contributed by atoms with Crippen molar-refractivity contribution < 1.29 is 0 Å². The SMILES string of the molecule is N#Cc1c(Nc2nc(Br)cc(Br)n2)s[nH]c1=O. The topological polar surface area (TPSA) is 94.5 Å². The predicted molar refractivity (Wildman–Crippen MR) is 70.4 cm³/mol. The third-order valence-corrected chi connectivity index (χ3v) is 3.31. The molecular weight excluding hydrogens is 374 g/mol. The fraction of sp³-hybridized carbons (Fsp3) is 0. The highest BCUT2D eigenvalue weighted by molar-refractivity contribution is 9.11. The zero-order valence-corrected chi connectivity index (χ0v) is 12.0. The number of aromatic nitrogens is 3. The molecule has 0 aliphatic heterocycles. The van der Waals surface area contributed by atoms with Crippen LogP contribution in [0.4, 0.5) is 10.9 Å². The van der Waals surface area contributed by atoms with Crippen LogP contribution in [-0.2, 0) is 0 Å². The fourth-order valence-electron chi connectivity index (χ4n) is 1.04. The Hall–Kier alpha value is -1.24. The summed E-state index contributed by atoms with van der Waals surface area (Å²) in [4.78, 5) is 19.3. The molecule has 2 rings (SSSR count). The summed E-state index contributed by atoms with van der Waals surface area (Å²) in [6, 6.07) is 3.50. The van der Waals surface area contributed by atoms with Gasteiger partial charge >= 0.3 is 0 Å². The quantitative estimate of drug-likeness (QED) is 0.784. The number of hydrogen-bond donors (Lipinski definition) is 2. The molecule has 2 aromatic heterocycles. The van der Waals surface area contributed by atoms with Gasteiger partial charge in [0.25, 0.3) is 5.56 Å². The second-order valence-corrected chi connectivity index (χ2v) is 5.25. The van der Waals surface area contributed by atoms with E-state index in [0.717, 1.165) is 11.5 Å². The molecule has 86 valence electrons. The molecule has 0 aliphatic rings. The van der Waals surface area contributed by atoms with Crippen molar-refractivity contribution >= 4 is 54.3 Å². The first-order chi connectivity index (χ1) is 8.10. The molecule has 2 heterocycles. The summed E-state index contributed by atoms with van der Waals surface area (Å²) >= 11 is 7.46. The molecule has 0 spiro atoms. The Balaban J connectivity index is 2.38. The van der Waals surface area contributed by atoms with E-state index >= 15 is 0 Å². The number of nitriles is 1. The van der Waals surface area contributed by atoms with Gasteiger partial charge in [-0.2, -0.15) is 5.26 Å². The van der Waals surface area contributed by atoms with Gasteiger partial charge in [0, 0.05) is 6.07 Å². The van der Waals surface area contributed by atoms with Gasteiger partial charge in [-0.1, -0.05) is 0 Å². The van der Waals surface area contributed by atoms with Crippen LogP contribution in [0.15, 0.2) is 20.1 Å². The van der Waals surface area contributed by atoms with Gasteiger partial charge in [0.05, 0.1) is 0 Å². The Kier molecular flexibility index (Phi) is 3.56. The Bertz CT molecular complexity index is 638. The zero-order valence-electron chi connectivity index (χ0n) is 7.99. The molecule has 0 fully saturated rings. The standard InChI is InChI=1S/C8H3Br2N5OS/c9-4-1-5(10)13-8(12-4)14-7-3(2-11)6(16)15-17-7/h1H,(H,15,16)(H,12,13,14). The summed E-state index contributed by atoms with van der Waals surface area (Å²) in [7, 11) is 0. The van der Waals surface area contributed by atoms with E-state index in [2.05, 4.69) is 51.5 Å². The van der Waals surface area contributed by atoms with Crippen LogP contribution in [0.2, 0.25) is 0 Å². The van der Waals surface area contributed by atoms with Crippen molar-refractivity contribution in [3.8, 4) is 6.07 Å². The van der Waals surface area contributed by atoms with E-state index in [1.807, 2.05) is 6.07 Å². The van der Waals surface area contributed by atoms with Crippen LogP contribution in [-0.4, -0.2) is 14.3 Å². The van der Waals surface area contributed by atoms with Crippen LogP contribution in [0.5, 0.6) is 0 Å². The number of hydrogen-bond acceptors (Lipinski definition) is 6. The molecule has 17 heavy (non-hydrogen) atoms. The third kappa shape index (κ3) is 2.71. The van der Waals surface area contributed by atoms with Crippen LogP contribution in [0.3, 0.4) is 0 Å². The lowest BCUT2D eigenvalue weighted by Gasteiger charge is -2.02. The van der Waals surface area contributed by atoms with Gasteiger partial charge in [-0.3, -0.25) is 9.17 Å². The lowest BCUT2D eigenvalue weighted by molar-refractivity contribution is 1.12. The summed E-state index contributed by atoms with van der Waals surface area (Å²) < 4.78 is 3.63. The van der Waals surface area contributed by atoms with Gasteiger partial charge in [-0.15, -0.1) is 0 Å². The minimum Gasteiger partial charge on any atom is -0.313 e. The van der Waals surface area contributed by atoms with Crippen LogP contribution >= 0.6 is 43.4 Å². The first kappa shape index (κ1) is 12.2. The highest BCUT2D eigenvalue weighted by Gasteiger charge is 2.11. The molecule has 6 nitrogen and oxygen atoms in total. The minimum absolute atomic E-state index is 0.0229. The van der Waals surface area contributed by atoms with Gasteiger partial charge in [0.2, 0.25) is 5.95 Å². The smallest absolute Gasteiger partial charge is 0.278 e. The molecule has 0 saturated heterocycles. The molecule has 0 aromatic carbocycles. The van der Waals surface area contributed by atoms with Crippen LogP contribution < -0.4 is 10.9 Å². The van der Waals surface area contributed by atoms with E-state index in [9.17, 15) is 4.79 Å². The number of rotatable bonds is 2. The van der Waals surface area contributed by atoms with E-state index < -0.39 is 5.56 Å². The summed E-state index contributed by atoms with van der Waals surface area (Å²) in [5, 5.41) is 12.0. The van der Waals surface area contributed by atoms with Crippen LogP contribution in [0, 0.1) is 11.3 Å². The van der Waals surface area contributed by atoms with Crippen molar-refractivity contribution in [1.29, 1.82) is 5.26 Å². The number of nitrogens with zero attached hydrogens (tertiary/aromatic N) is 3. The number of aromatic amines is 1. The maximum Gasteiger partial charge on any atom is 0.278 e. The van der Waals surface area contributed by atoms with Gasteiger partial charge < -0.3 is 5.32 Å².